The summed E-state index contributed by atoms with van der Waals surface area (Å²) in [6.07, 6.45) is 2.15. The third kappa shape index (κ3) is 3.87. The monoisotopic (exact) mass is 412 g/mol. The number of rotatable bonds is 6. The Balaban J connectivity index is 1.53. The van der Waals surface area contributed by atoms with E-state index < -0.39 is 0 Å². The number of carbonyl (C=O) groups is 1. The minimum Gasteiger partial charge on any atom is -0.493 e. The average Bonchev–Trinajstić information content (AvgIpc) is 3.48. The van der Waals surface area contributed by atoms with Gasteiger partial charge in [0.2, 0.25) is 11.8 Å². The number of aromatic nitrogens is 1. The molecule has 1 aliphatic rings. The summed E-state index contributed by atoms with van der Waals surface area (Å²) < 4.78 is 16.5. The molecular formula is C22H24N2O4S. The van der Waals surface area contributed by atoms with Crippen LogP contribution in [0.25, 0.3) is 10.8 Å². The summed E-state index contributed by atoms with van der Waals surface area (Å²) in [5, 5.41) is 1.98. The number of benzene rings is 1. The molecule has 4 rings (SSSR count). The molecule has 152 valence electrons. The van der Waals surface area contributed by atoms with Gasteiger partial charge in [0.25, 0.3) is 0 Å². The molecule has 0 unspecified atom stereocenters. The van der Waals surface area contributed by atoms with Crippen LogP contribution in [-0.2, 0) is 11.2 Å². The predicted octanol–water partition coefficient (Wildman–Crippen LogP) is 4.63. The number of hydrogen-bond donors (Lipinski definition) is 0. The summed E-state index contributed by atoms with van der Waals surface area (Å²) >= 11 is 1.57. The van der Waals surface area contributed by atoms with E-state index in [2.05, 4.69) is 4.98 Å². The van der Waals surface area contributed by atoms with Crippen LogP contribution in [0.15, 0.2) is 40.1 Å². The van der Waals surface area contributed by atoms with E-state index in [9.17, 15) is 4.79 Å². The van der Waals surface area contributed by atoms with Crippen molar-refractivity contribution in [2.75, 3.05) is 20.8 Å². The molecule has 1 aromatic carbocycles. The van der Waals surface area contributed by atoms with Gasteiger partial charge in [0.05, 0.1) is 37.3 Å². The Morgan fingerprint density at radius 1 is 1.28 bits per heavy atom. The van der Waals surface area contributed by atoms with Crippen LogP contribution in [0.3, 0.4) is 0 Å². The summed E-state index contributed by atoms with van der Waals surface area (Å²) in [4.78, 5) is 20.6. The van der Waals surface area contributed by atoms with Crippen LogP contribution in [0.4, 0.5) is 0 Å². The maximum atomic E-state index is 13.1. The minimum absolute atomic E-state index is 0.0336. The van der Waals surface area contributed by atoms with E-state index in [4.69, 9.17) is 13.9 Å². The lowest BCUT2D eigenvalue weighted by Gasteiger charge is -2.25. The normalized spacial score (nSPS) is 16.2. The fourth-order valence-corrected chi connectivity index (χ4v) is 4.46. The smallest absolute Gasteiger partial charge is 0.236 e. The van der Waals surface area contributed by atoms with E-state index >= 15 is 0 Å². The number of amides is 1. The quantitative estimate of drug-likeness (QED) is 0.590. The molecule has 1 amide bonds. The summed E-state index contributed by atoms with van der Waals surface area (Å²) in [6.45, 7) is 2.61. The van der Waals surface area contributed by atoms with Crippen LogP contribution in [0.2, 0.25) is 0 Å². The molecule has 1 aliphatic heterocycles. The Hall–Kier alpha value is -2.80. The number of thiophene rings is 1. The first kappa shape index (κ1) is 19.5. The molecule has 1 atom stereocenters. The van der Waals surface area contributed by atoms with Gasteiger partial charge in [-0.1, -0.05) is 12.1 Å². The number of aryl methyl sites for hydroxylation is 1. The van der Waals surface area contributed by atoms with E-state index in [-0.39, 0.29) is 18.4 Å². The first-order valence-electron chi connectivity index (χ1n) is 9.62. The zero-order valence-electron chi connectivity index (χ0n) is 16.8. The highest BCUT2D eigenvalue weighted by Crippen LogP contribution is 2.37. The zero-order chi connectivity index (χ0) is 20.4. The number of hydrogen-bond acceptors (Lipinski definition) is 6. The average molecular weight is 413 g/mol. The summed E-state index contributed by atoms with van der Waals surface area (Å²) in [6, 6.07) is 9.83. The van der Waals surface area contributed by atoms with Crippen LogP contribution < -0.4 is 9.47 Å². The van der Waals surface area contributed by atoms with Crippen LogP contribution in [0, 0.1) is 6.92 Å². The Bertz CT molecular complexity index is 996. The molecule has 0 bridgehead atoms. The maximum absolute atomic E-state index is 13.1. The first-order chi connectivity index (χ1) is 14.1. The molecule has 0 radical (unpaired) electrons. The fourth-order valence-electron chi connectivity index (χ4n) is 3.81. The molecule has 3 aromatic rings. The van der Waals surface area contributed by atoms with Crippen molar-refractivity contribution in [3.05, 3.63) is 52.7 Å². The number of nitrogens with zero attached hydrogens (tertiary/aromatic N) is 2. The maximum Gasteiger partial charge on any atom is 0.236 e. The van der Waals surface area contributed by atoms with Crippen molar-refractivity contribution in [1.29, 1.82) is 0 Å². The SMILES string of the molecule is COc1ccc([C@@H]2CCCN2C(=O)Cc2nc(-c3cccs3)oc2C)cc1OC. The number of carbonyl (C=O) groups excluding carboxylic acids is 1. The lowest BCUT2D eigenvalue weighted by atomic mass is 10.0. The second kappa shape index (κ2) is 8.29. The fraction of sp³-hybridized carbons (Fsp3) is 0.364. The first-order valence-corrected chi connectivity index (χ1v) is 10.5. The molecule has 2 aromatic heterocycles. The molecule has 3 heterocycles. The number of oxazole rings is 1. The molecule has 0 aliphatic carbocycles. The van der Waals surface area contributed by atoms with Crippen molar-refractivity contribution >= 4 is 17.2 Å². The molecular weight excluding hydrogens is 388 g/mol. The van der Waals surface area contributed by atoms with Gasteiger partial charge in [0.1, 0.15) is 5.76 Å². The van der Waals surface area contributed by atoms with Crippen molar-refractivity contribution < 1.29 is 18.7 Å². The van der Waals surface area contributed by atoms with Gasteiger partial charge in [-0.05, 0) is 48.9 Å². The molecule has 29 heavy (non-hydrogen) atoms. The van der Waals surface area contributed by atoms with Gasteiger partial charge in [0.15, 0.2) is 11.5 Å². The van der Waals surface area contributed by atoms with Gasteiger partial charge in [0, 0.05) is 6.54 Å². The molecule has 0 spiro atoms. The largest absolute Gasteiger partial charge is 0.493 e. The number of ether oxygens (including phenoxy) is 2. The van der Waals surface area contributed by atoms with E-state index in [1.165, 1.54) is 0 Å². The Morgan fingerprint density at radius 3 is 2.83 bits per heavy atom. The lowest BCUT2D eigenvalue weighted by Crippen LogP contribution is -2.32. The predicted molar refractivity (Wildman–Crippen MR) is 111 cm³/mol. The molecule has 6 nitrogen and oxygen atoms in total. The Labute approximate surface area is 174 Å². The number of likely N-dealkylation sites (tertiary alicyclic amines) is 1. The molecule has 7 heteroatoms. The van der Waals surface area contributed by atoms with E-state index in [0.717, 1.165) is 29.8 Å². The summed E-state index contributed by atoms with van der Waals surface area (Å²) in [5.74, 6) is 2.71. The lowest BCUT2D eigenvalue weighted by molar-refractivity contribution is -0.131. The topological polar surface area (TPSA) is 64.8 Å². The van der Waals surface area contributed by atoms with Gasteiger partial charge in [-0.3, -0.25) is 4.79 Å². The highest BCUT2D eigenvalue weighted by atomic mass is 32.1. The van der Waals surface area contributed by atoms with E-state index in [0.29, 0.717) is 28.8 Å². The van der Waals surface area contributed by atoms with Crippen LogP contribution >= 0.6 is 11.3 Å². The van der Waals surface area contributed by atoms with Crippen molar-refractivity contribution in [3.8, 4) is 22.3 Å². The van der Waals surface area contributed by atoms with E-state index in [1.54, 1.807) is 25.6 Å². The van der Waals surface area contributed by atoms with Crippen molar-refractivity contribution in [3.63, 3.8) is 0 Å². The Kier molecular flexibility index (Phi) is 5.58. The van der Waals surface area contributed by atoms with Gasteiger partial charge in [-0.15, -0.1) is 11.3 Å². The van der Waals surface area contributed by atoms with Gasteiger partial charge >= 0.3 is 0 Å². The van der Waals surface area contributed by atoms with Crippen LogP contribution in [0.5, 0.6) is 11.5 Å². The van der Waals surface area contributed by atoms with Crippen LogP contribution in [0.1, 0.15) is 35.9 Å². The summed E-state index contributed by atoms with van der Waals surface area (Å²) in [7, 11) is 3.24. The van der Waals surface area contributed by atoms with Gasteiger partial charge in [-0.2, -0.15) is 0 Å². The molecule has 1 fully saturated rings. The van der Waals surface area contributed by atoms with Crippen molar-refractivity contribution in [2.24, 2.45) is 0 Å². The minimum atomic E-state index is 0.0336. The second-order valence-corrected chi connectivity index (χ2v) is 7.98. The third-order valence-corrected chi connectivity index (χ3v) is 6.17. The standard InChI is InChI=1S/C22H24N2O4S/c1-14-16(23-22(28-14)20-7-5-11-29-20)13-21(25)24-10-4-6-17(24)15-8-9-18(26-2)19(12-15)27-3/h5,7-9,11-12,17H,4,6,10,13H2,1-3H3/t17-/m0/s1. The second-order valence-electron chi connectivity index (χ2n) is 7.04. The van der Waals surface area contributed by atoms with Crippen molar-refractivity contribution in [1.82, 2.24) is 9.88 Å². The molecule has 0 N–H and O–H groups in total. The van der Waals surface area contributed by atoms with Gasteiger partial charge in [-0.25, -0.2) is 4.98 Å². The highest BCUT2D eigenvalue weighted by molar-refractivity contribution is 7.13. The molecule has 1 saturated heterocycles. The molecule has 0 saturated carbocycles. The number of methoxy groups -OCH3 is 2. The van der Waals surface area contributed by atoms with Gasteiger partial charge < -0.3 is 18.8 Å². The third-order valence-electron chi connectivity index (χ3n) is 5.31. The van der Waals surface area contributed by atoms with Crippen LogP contribution in [-0.4, -0.2) is 36.6 Å². The highest BCUT2D eigenvalue weighted by Gasteiger charge is 2.31. The van der Waals surface area contributed by atoms with E-state index in [1.807, 2.05) is 47.5 Å². The van der Waals surface area contributed by atoms with Crippen molar-refractivity contribution in [2.45, 2.75) is 32.2 Å². The Morgan fingerprint density at radius 2 is 2.10 bits per heavy atom. The zero-order valence-corrected chi connectivity index (χ0v) is 17.6. The summed E-state index contributed by atoms with van der Waals surface area (Å²) in [5.41, 5.74) is 1.76.